The van der Waals surface area contributed by atoms with Crippen LogP contribution in [0.5, 0.6) is 11.5 Å². The largest absolute Gasteiger partial charge is 0.497 e. The summed E-state index contributed by atoms with van der Waals surface area (Å²) in [6.45, 7) is 2.49. The number of amides is 2. The van der Waals surface area contributed by atoms with Crippen LogP contribution in [0, 0.1) is 0 Å². The number of ether oxygens (including phenoxy) is 2. The molecule has 0 fully saturated rings. The number of benzene rings is 3. The fraction of sp³-hybridized carbons (Fsp3) is 0.273. The molecule has 0 aliphatic carbocycles. The van der Waals surface area contributed by atoms with Crippen LogP contribution in [0.3, 0.4) is 0 Å². The number of methoxy groups -OCH3 is 1. The number of nitrogens with one attached hydrogen (secondary N) is 2. The average Bonchev–Trinajstić information content (AvgIpc) is 3.05. The molecule has 1 unspecified atom stereocenters. The number of aromatic nitrogens is 2. The first-order valence-electron chi connectivity index (χ1n) is 14.5. The van der Waals surface area contributed by atoms with Crippen molar-refractivity contribution < 1.29 is 19.1 Å². The topological polar surface area (TPSA) is 115 Å². The standard InChI is InChI=1S/C33H31Cl2N5O5/c1-18-14-24-28(17-39(18)31(42)20-6-11-25(34)26(35)15-20)38-33(37-27-12-13-45-29-16-22(44-3)9-10-23(27)29)40(32(24)43)21-7-4-19(5-8-21)30(41)36-2/h4-11,15-16,18,27H,12-14,17H2,1-3H3,(H,36,41)(H,37,38)/t18-,27?/m1/s1. The Kier molecular flexibility index (Phi) is 8.44. The molecule has 10 nitrogen and oxygen atoms in total. The van der Waals surface area contributed by atoms with Crippen molar-refractivity contribution in [2.45, 2.75) is 38.4 Å². The van der Waals surface area contributed by atoms with Gasteiger partial charge < -0.3 is 25.0 Å². The van der Waals surface area contributed by atoms with Gasteiger partial charge in [-0.2, -0.15) is 0 Å². The van der Waals surface area contributed by atoms with Crippen LogP contribution in [0.25, 0.3) is 5.69 Å². The van der Waals surface area contributed by atoms with E-state index in [1.165, 1.54) is 4.57 Å². The molecule has 2 aliphatic heterocycles. The van der Waals surface area contributed by atoms with Gasteiger partial charge in [-0.3, -0.25) is 14.4 Å². The molecule has 12 heteroatoms. The Morgan fingerprint density at radius 3 is 2.49 bits per heavy atom. The molecule has 0 bridgehead atoms. The van der Waals surface area contributed by atoms with E-state index in [2.05, 4.69) is 10.6 Å². The van der Waals surface area contributed by atoms with Gasteiger partial charge in [-0.05, 0) is 67.9 Å². The fourth-order valence-corrected chi connectivity index (χ4v) is 6.07. The number of hydrogen-bond acceptors (Lipinski definition) is 7. The maximum atomic E-state index is 14.3. The quantitative estimate of drug-likeness (QED) is 0.287. The molecule has 45 heavy (non-hydrogen) atoms. The van der Waals surface area contributed by atoms with Gasteiger partial charge in [-0.25, -0.2) is 9.55 Å². The molecule has 0 saturated carbocycles. The Morgan fingerprint density at radius 2 is 1.78 bits per heavy atom. The smallest absolute Gasteiger partial charge is 0.263 e. The van der Waals surface area contributed by atoms with Crippen molar-refractivity contribution in [1.82, 2.24) is 19.8 Å². The summed E-state index contributed by atoms with van der Waals surface area (Å²) in [6.07, 6.45) is 0.936. The Labute approximate surface area is 269 Å². The summed E-state index contributed by atoms with van der Waals surface area (Å²) < 4.78 is 12.8. The minimum Gasteiger partial charge on any atom is -0.497 e. The van der Waals surface area contributed by atoms with Gasteiger partial charge in [0.05, 0.1) is 47.7 Å². The monoisotopic (exact) mass is 647 g/mol. The Balaban J connectivity index is 1.43. The maximum absolute atomic E-state index is 14.3. The molecule has 3 aromatic carbocycles. The first-order chi connectivity index (χ1) is 21.7. The molecule has 232 valence electrons. The van der Waals surface area contributed by atoms with Crippen molar-refractivity contribution in [3.8, 4) is 17.2 Å². The number of carbonyl (C=O) groups excluding carboxylic acids is 2. The lowest BCUT2D eigenvalue weighted by Gasteiger charge is -2.35. The van der Waals surface area contributed by atoms with Crippen LogP contribution < -0.4 is 25.7 Å². The lowest BCUT2D eigenvalue weighted by atomic mass is 9.98. The number of anilines is 1. The van der Waals surface area contributed by atoms with Crippen molar-refractivity contribution in [2.75, 3.05) is 26.1 Å². The molecular weight excluding hydrogens is 617 g/mol. The fourth-order valence-electron chi connectivity index (χ4n) is 5.77. The van der Waals surface area contributed by atoms with E-state index < -0.39 is 0 Å². The number of halogens is 2. The van der Waals surface area contributed by atoms with Gasteiger partial charge >= 0.3 is 0 Å². The Bertz CT molecular complexity index is 1860. The number of nitrogens with zero attached hydrogens (tertiary/aromatic N) is 3. The van der Waals surface area contributed by atoms with E-state index in [0.29, 0.717) is 70.0 Å². The average molecular weight is 649 g/mol. The van der Waals surface area contributed by atoms with E-state index in [-0.39, 0.29) is 41.0 Å². The third-order valence-corrected chi connectivity index (χ3v) is 8.96. The molecule has 2 N–H and O–H groups in total. The summed E-state index contributed by atoms with van der Waals surface area (Å²) >= 11 is 12.3. The van der Waals surface area contributed by atoms with Crippen molar-refractivity contribution >= 4 is 41.0 Å². The van der Waals surface area contributed by atoms with Crippen molar-refractivity contribution in [3.05, 3.63) is 109 Å². The van der Waals surface area contributed by atoms with Crippen molar-refractivity contribution in [1.29, 1.82) is 0 Å². The number of carbonyl (C=O) groups is 2. The maximum Gasteiger partial charge on any atom is 0.263 e. The van der Waals surface area contributed by atoms with Crippen LogP contribution in [0.1, 0.15) is 56.9 Å². The van der Waals surface area contributed by atoms with Crippen molar-refractivity contribution in [3.63, 3.8) is 0 Å². The van der Waals surface area contributed by atoms with Gasteiger partial charge in [0.25, 0.3) is 17.4 Å². The Hall–Kier alpha value is -4.54. The van der Waals surface area contributed by atoms with E-state index in [4.69, 9.17) is 37.7 Å². The highest BCUT2D eigenvalue weighted by Gasteiger charge is 2.33. The molecule has 6 rings (SSSR count). The zero-order chi connectivity index (χ0) is 31.8. The zero-order valence-corrected chi connectivity index (χ0v) is 26.4. The summed E-state index contributed by atoms with van der Waals surface area (Å²) in [7, 11) is 3.16. The van der Waals surface area contributed by atoms with Gasteiger partial charge in [-0.15, -0.1) is 0 Å². The van der Waals surface area contributed by atoms with Gasteiger partial charge in [0, 0.05) is 47.8 Å². The lowest BCUT2D eigenvalue weighted by Crippen LogP contribution is -2.46. The summed E-state index contributed by atoms with van der Waals surface area (Å²) in [5.41, 5.74) is 3.11. The molecule has 0 spiro atoms. The van der Waals surface area contributed by atoms with Gasteiger partial charge in [0.1, 0.15) is 11.5 Å². The highest BCUT2D eigenvalue weighted by atomic mass is 35.5. The Morgan fingerprint density at radius 1 is 1.02 bits per heavy atom. The van der Waals surface area contributed by atoms with Gasteiger partial charge in [0.15, 0.2) is 0 Å². The highest BCUT2D eigenvalue weighted by molar-refractivity contribution is 6.42. The second-order valence-electron chi connectivity index (χ2n) is 11.0. The van der Waals surface area contributed by atoms with Crippen LogP contribution in [0.2, 0.25) is 10.0 Å². The van der Waals surface area contributed by atoms with Crippen LogP contribution in [-0.2, 0) is 13.0 Å². The molecule has 2 aliphatic rings. The molecule has 2 atom stereocenters. The molecule has 0 radical (unpaired) electrons. The van der Waals surface area contributed by atoms with Crippen LogP contribution in [0.4, 0.5) is 5.95 Å². The predicted octanol–water partition coefficient (Wildman–Crippen LogP) is 5.43. The van der Waals surface area contributed by atoms with E-state index in [1.807, 2.05) is 25.1 Å². The zero-order valence-electron chi connectivity index (χ0n) is 24.9. The molecule has 3 heterocycles. The lowest BCUT2D eigenvalue weighted by molar-refractivity contribution is 0.0653. The number of rotatable bonds is 6. The second kappa shape index (κ2) is 12.5. The van der Waals surface area contributed by atoms with Crippen LogP contribution in [0.15, 0.2) is 65.5 Å². The first kappa shape index (κ1) is 30.5. The minimum absolute atomic E-state index is 0.136. The SMILES string of the molecule is CNC(=O)c1ccc(-n2c(NC3CCOc4cc(OC)ccc43)nc3c(c2=O)C[C@@H](C)N(C(=O)c2ccc(Cl)c(Cl)c2)C3)cc1. The van der Waals surface area contributed by atoms with Crippen molar-refractivity contribution in [2.24, 2.45) is 0 Å². The van der Waals surface area contributed by atoms with Gasteiger partial charge in [-0.1, -0.05) is 23.2 Å². The van der Waals surface area contributed by atoms with Crippen LogP contribution in [-0.4, -0.2) is 53.1 Å². The van der Waals surface area contributed by atoms with Gasteiger partial charge in [0.2, 0.25) is 5.95 Å². The highest BCUT2D eigenvalue weighted by Crippen LogP contribution is 2.37. The third-order valence-electron chi connectivity index (χ3n) is 8.22. The normalized spacial score (nSPS) is 17.0. The first-order valence-corrected chi connectivity index (χ1v) is 15.2. The number of fused-ring (bicyclic) bond motifs is 2. The molecule has 2 amide bonds. The molecule has 4 aromatic rings. The minimum atomic E-state index is -0.283. The van der Waals surface area contributed by atoms with E-state index in [0.717, 1.165) is 5.56 Å². The van der Waals surface area contributed by atoms with E-state index in [1.54, 1.807) is 61.5 Å². The molecular formula is C33H31Cl2N5O5. The predicted molar refractivity (Wildman–Crippen MR) is 172 cm³/mol. The van der Waals surface area contributed by atoms with E-state index >= 15 is 0 Å². The molecule has 1 aromatic heterocycles. The summed E-state index contributed by atoms with van der Waals surface area (Å²) in [4.78, 5) is 46.8. The molecule has 0 saturated heterocycles. The summed E-state index contributed by atoms with van der Waals surface area (Å²) in [5.74, 6) is 1.22. The third kappa shape index (κ3) is 5.83. The second-order valence-corrected chi connectivity index (χ2v) is 11.8. The van der Waals surface area contributed by atoms with Crippen LogP contribution >= 0.6 is 23.2 Å². The summed E-state index contributed by atoms with van der Waals surface area (Å²) in [5, 5.41) is 6.76. The number of hydrogen-bond donors (Lipinski definition) is 2. The van der Waals surface area contributed by atoms with E-state index in [9.17, 15) is 14.4 Å². The summed E-state index contributed by atoms with van der Waals surface area (Å²) in [6, 6.07) is 16.7.